The van der Waals surface area contributed by atoms with E-state index in [0.29, 0.717) is 0 Å². The molecule has 0 spiro atoms. The van der Waals surface area contributed by atoms with Crippen LogP contribution in [0.15, 0.2) is 0 Å². The summed E-state index contributed by atoms with van der Waals surface area (Å²) in [5.41, 5.74) is 0. The molecule has 15 heavy (non-hydrogen) atoms. The van der Waals surface area contributed by atoms with Crippen LogP contribution in [0.5, 0.6) is 0 Å². The molecule has 0 radical (unpaired) electrons. The first-order valence-corrected chi connectivity index (χ1v) is 6.43. The van der Waals surface area contributed by atoms with Crippen molar-refractivity contribution in [2.24, 2.45) is 0 Å². The predicted octanol–water partition coefficient (Wildman–Crippen LogP) is -0.168. The number of hydrogen-bond acceptors (Lipinski definition) is 3. The third-order valence-electron chi connectivity index (χ3n) is 2.29. The van der Waals surface area contributed by atoms with E-state index in [-0.39, 0.29) is 23.8 Å². The zero-order valence-corrected chi connectivity index (χ0v) is 9.29. The third kappa shape index (κ3) is 4.42. The normalized spacial score (nSPS) is 17.7. The topological polar surface area (TPSA) is 74.7 Å². The molecule has 1 rings (SSSR count). The minimum Gasteiger partial charge on any atom is -0.481 e. The molecule has 1 amide bonds. The van der Waals surface area contributed by atoms with Crippen molar-refractivity contribution in [2.75, 3.05) is 24.6 Å². The molecule has 1 N–H and O–H groups in total. The number of likely N-dealkylation sites (tertiary alicyclic amines) is 1. The zero-order chi connectivity index (χ0) is 11.3. The van der Waals surface area contributed by atoms with E-state index in [1.165, 1.54) is 0 Å². The molecular weight excluding hydrogens is 218 g/mol. The van der Waals surface area contributed by atoms with Gasteiger partial charge in [-0.3, -0.25) is 13.8 Å². The second kappa shape index (κ2) is 5.85. The molecule has 0 aromatic rings. The fraction of sp³-hybridized carbons (Fsp3) is 0.778. The van der Waals surface area contributed by atoms with Crippen molar-refractivity contribution < 1.29 is 18.9 Å². The number of carbonyl (C=O) groups is 2. The van der Waals surface area contributed by atoms with E-state index in [1.807, 2.05) is 0 Å². The van der Waals surface area contributed by atoms with E-state index in [2.05, 4.69) is 0 Å². The number of amides is 1. The Morgan fingerprint density at radius 2 is 1.87 bits per heavy atom. The number of carbonyl (C=O) groups excluding carboxylic acids is 1. The molecule has 6 heteroatoms. The Hall–Kier alpha value is -0.910. The van der Waals surface area contributed by atoms with E-state index in [4.69, 9.17) is 5.11 Å². The minimum atomic E-state index is -1.34. The summed E-state index contributed by atoms with van der Waals surface area (Å²) in [7, 11) is -1.34. The molecule has 1 saturated heterocycles. The van der Waals surface area contributed by atoms with Gasteiger partial charge >= 0.3 is 5.97 Å². The van der Waals surface area contributed by atoms with Crippen LogP contribution in [0.1, 0.15) is 19.3 Å². The highest BCUT2D eigenvalue weighted by Crippen LogP contribution is 2.07. The van der Waals surface area contributed by atoms with Gasteiger partial charge in [0.05, 0.1) is 6.42 Å². The van der Waals surface area contributed by atoms with Crippen LogP contribution >= 0.6 is 0 Å². The smallest absolute Gasteiger partial charge is 0.304 e. The largest absolute Gasteiger partial charge is 0.481 e. The van der Waals surface area contributed by atoms with Crippen LogP contribution in [0.3, 0.4) is 0 Å². The van der Waals surface area contributed by atoms with Gasteiger partial charge in [-0.25, -0.2) is 0 Å². The maximum Gasteiger partial charge on any atom is 0.304 e. The standard InChI is InChI=1S/C9H15NO4S/c11-8(10-4-1-2-5-10)7-15(14)6-3-9(12)13/h1-7H2,(H,12,13). The first kappa shape index (κ1) is 12.2. The molecule has 1 fully saturated rings. The second-order valence-electron chi connectivity index (χ2n) is 3.52. The maximum absolute atomic E-state index is 11.5. The van der Waals surface area contributed by atoms with Crippen molar-refractivity contribution in [1.29, 1.82) is 0 Å². The molecule has 1 unspecified atom stereocenters. The molecule has 86 valence electrons. The Balaban J connectivity index is 2.24. The van der Waals surface area contributed by atoms with Gasteiger partial charge in [-0.05, 0) is 12.8 Å². The van der Waals surface area contributed by atoms with Gasteiger partial charge in [-0.1, -0.05) is 0 Å². The van der Waals surface area contributed by atoms with Gasteiger partial charge in [-0.2, -0.15) is 0 Å². The molecule has 0 aromatic heterocycles. The van der Waals surface area contributed by atoms with Crippen molar-refractivity contribution in [3.05, 3.63) is 0 Å². The number of nitrogens with zero attached hydrogens (tertiary/aromatic N) is 1. The van der Waals surface area contributed by atoms with E-state index < -0.39 is 16.8 Å². The molecule has 0 aliphatic carbocycles. The fourth-order valence-corrected chi connectivity index (χ4v) is 2.47. The summed E-state index contributed by atoms with van der Waals surface area (Å²) < 4.78 is 11.3. The summed E-state index contributed by atoms with van der Waals surface area (Å²) in [5.74, 6) is -1.06. The predicted molar refractivity (Wildman–Crippen MR) is 55.9 cm³/mol. The van der Waals surface area contributed by atoms with E-state index in [0.717, 1.165) is 25.9 Å². The number of aliphatic carboxylic acids is 1. The monoisotopic (exact) mass is 233 g/mol. The van der Waals surface area contributed by atoms with Gasteiger partial charge in [0.25, 0.3) is 0 Å². The molecule has 0 bridgehead atoms. The Morgan fingerprint density at radius 1 is 1.27 bits per heavy atom. The zero-order valence-electron chi connectivity index (χ0n) is 8.48. The maximum atomic E-state index is 11.5. The highest BCUT2D eigenvalue weighted by molar-refractivity contribution is 7.85. The molecule has 0 aromatic carbocycles. The van der Waals surface area contributed by atoms with Crippen molar-refractivity contribution in [2.45, 2.75) is 19.3 Å². The van der Waals surface area contributed by atoms with Crippen LogP contribution in [-0.4, -0.2) is 50.7 Å². The SMILES string of the molecule is O=C(O)CCS(=O)CC(=O)N1CCCC1. The van der Waals surface area contributed by atoms with Crippen LogP contribution in [-0.2, 0) is 20.4 Å². The Kier molecular flexibility index (Phi) is 4.74. The summed E-state index contributed by atoms with van der Waals surface area (Å²) in [6.07, 6.45) is 1.88. The van der Waals surface area contributed by atoms with Crippen molar-refractivity contribution in [3.63, 3.8) is 0 Å². The van der Waals surface area contributed by atoms with Crippen LogP contribution in [0.4, 0.5) is 0 Å². The third-order valence-corrected chi connectivity index (χ3v) is 3.52. The lowest BCUT2D eigenvalue weighted by Crippen LogP contribution is -2.32. The van der Waals surface area contributed by atoms with Crippen LogP contribution in [0.2, 0.25) is 0 Å². The van der Waals surface area contributed by atoms with Crippen LogP contribution in [0.25, 0.3) is 0 Å². The summed E-state index contributed by atoms with van der Waals surface area (Å²) in [6.45, 7) is 1.49. The summed E-state index contributed by atoms with van der Waals surface area (Å²) in [5, 5.41) is 8.38. The van der Waals surface area contributed by atoms with Gasteiger partial charge in [0.15, 0.2) is 0 Å². The van der Waals surface area contributed by atoms with Crippen molar-refractivity contribution in [3.8, 4) is 0 Å². The van der Waals surface area contributed by atoms with Crippen molar-refractivity contribution in [1.82, 2.24) is 4.90 Å². The van der Waals surface area contributed by atoms with Gasteiger partial charge in [-0.15, -0.1) is 0 Å². The fourth-order valence-electron chi connectivity index (χ4n) is 1.47. The first-order chi connectivity index (χ1) is 7.09. The average molecular weight is 233 g/mol. The van der Waals surface area contributed by atoms with Gasteiger partial charge in [0, 0.05) is 29.6 Å². The highest BCUT2D eigenvalue weighted by Gasteiger charge is 2.19. The molecule has 1 aliphatic rings. The Morgan fingerprint density at radius 3 is 2.40 bits per heavy atom. The highest BCUT2D eigenvalue weighted by atomic mass is 32.2. The molecule has 1 heterocycles. The van der Waals surface area contributed by atoms with E-state index in [1.54, 1.807) is 4.90 Å². The molecule has 1 aliphatic heterocycles. The van der Waals surface area contributed by atoms with Gasteiger partial charge in [0.1, 0.15) is 5.75 Å². The quantitative estimate of drug-likeness (QED) is 0.715. The Bertz CT molecular complexity index is 273. The van der Waals surface area contributed by atoms with Crippen LogP contribution < -0.4 is 0 Å². The molecule has 5 nitrogen and oxygen atoms in total. The minimum absolute atomic E-state index is 0.0344. The number of carboxylic acids is 1. The van der Waals surface area contributed by atoms with Gasteiger partial charge in [0.2, 0.25) is 5.91 Å². The lowest BCUT2D eigenvalue weighted by Gasteiger charge is -2.14. The lowest BCUT2D eigenvalue weighted by molar-refractivity contribution is -0.136. The summed E-state index contributed by atoms with van der Waals surface area (Å²) in [4.78, 5) is 23.4. The first-order valence-electron chi connectivity index (χ1n) is 4.94. The Labute approximate surface area is 90.9 Å². The second-order valence-corrected chi connectivity index (χ2v) is 5.10. The number of rotatable bonds is 5. The summed E-state index contributed by atoms with van der Waals surface area (Å²) >= 11 is 0. The van der Waals surface area contributed by atoms with E-state index in [9.17, 15) is 13.8 Å². The molecule has 0 saturated carbocycles. The van der Waals surface area contributed by atoms with E-state index >= 15 is 0 Å². The van der Waals surface area contributed by atoms with Crippen molar-refractivity contribution >= 4 is 22.7 Å². The van der Waals surface area contributed by atoms with Gasteiger partial charge < -0.3 is 10.0 Å². The average Bonchev–Trinajstić information content (AvgIpc) is 2.67. The molecule has 1 atom stereocenters. The lowest BCUT2D eigenvalue weighted by atomic mass is 10.4. The number of carboxylic acid groups (broad SMARTS) is 1. The summed E-state index contributed by atoms with van der Waals surface area (Å²) in [6, 6.07) is 0. The van der Waals surface area contributed by atoms with Crippen LogP contribution in [0, 0.1) is 0 Å². The number of hydrogen-bond donors (Lipinski definition) is 1. The molecular formula is C9H15NO4S.